The van der Waals surface area contributed by atoms with Crippen molar-refractivity contribution >= 4 is 17.5 Å². The average Bonchev–Trinajstić information content (AvgIpc) is 2.84. The van der Waals surface area contributed by atoms with Crippen molar-refractivity contribution in [3.8, 4) is 5.75 Å². The predicted octanol–water partition coefficient (Wildman–Crippen LogP) is 5.55. The van der Waals surface area contributed by atoms with Gasteiger partial charge in [-0.2, -0.15) is 0 Å². The number of aromatic nitrogens is 2. The van der Waals surface area contributed by atoms with Crippen LogP contribution in [0.3, 0.4) is 0 Å². The van der Waals surface area contributed by atoms with Gasteiger partial charge >= 0.3 is 0 Å². The van der Waals surface area contributed by atoms with Crippen LogP contribution in [0.4, 0.5) is 16.0 Å². The van der Waals surface area contributed by atoms with Gasteiger partial charge in [-0.25, -0.2) is 14.4 Å². The Morgan fingerprint density at radius 2 is 2.00 bits per heavy atom. The maximum Gasteiger partial charge on any atom is 0.247 e. The van der Waals surface area contributed by atoms with Crippen LogP contribution in [0.25, 0.3) is 0 Å². The number of carbonyl (C=O) groups is 1. The van der Waals surface area contributed by atoms with Crippen molar-refractivity contribution in [1.82, 2.24) is 9.97 Å². The number of halogens is 1. The first-order chi connectivity index (χ1) is 16.1. The highest BCUT2D eigenvalue weighted by molar-refractivity contribution is 5.98. The number of nitrogens with zero attached hydrogens (tertiary/aromatic N) is 3. The molecule has 1 amide bonds. The minimum atomic E-state index is -0.522. The van der Waals surface area contributed by atoms with Crippen molar-refractivity contribution in [2.75, 3.05) is 29.9 Å². The Morgan fingerprint density at radius 3 is 2.67 bits per heavy atom. The largest absolute Gasteiger partial charge is 0.493 e. The normalized spacial score (nSPS) is 14.2. The molecule has 6 nitrogen and oxygen atoms in total. The number of anilines is 2. The summed E-state index contributed by atoms with van der Waals surface area (Å²) in [5, 5.41) is 2.43. The molecular weight excluding hydrogens is 419 g/mol. The maximum absolute atomic E-state index is 14.1. The monoisotopic (exact) mass is 454 g/mol. The van der Waals surface area contributed by atoms with E-state index in [4.69, 9.17) is 4.74 Å². The molecule has 0 spiro atoms. The van der Waals surface area contributed by atoms with Gasteiger partial charge in [-0.15, -0.1) is 0 Å². The van der Waals surface area contributed by atoms with E-state index in [1.54, 1.807) is 6.07 Å². The molecule has 0 atom stereocenters. The summed E-state index contributed by atoms with van der Waals surface area (Å²) >= 11 is 0. The molecule has 1 aromatic carbocycles. The van der Waals surface area contributed by atoms with Crippen molar-refractivity contribution in [1.29, 1.82) is 0 Å². The lowest BCUT2D eigenvalue weighted by atomic mass is 9.92. The molecule has 2 heterocycles. The second kappa shape index (κ2) is 12.9. The van der Waals surface area contributed by atoms with Gasteiger partial charge in [-0.3, -0.25) is 4.79 Å². The Kier molecular flexibility index (Phi) is 9.66. The number of piperidine rings is 1. The molecule has 1 N–H and O–H groups in total. The molecule has 1 aliphatic rings. The summed E-state index contributed by atoms with van der Waals surface area (Å²) in [6.07, 6.45) is 14.0. The Labute approximate surface area is 196 Å². The molecular formula is C26H35FN4O2. The van der Waals surface area contributed by atoms with E-state index < -0.39 is 11.7 Å². The number of rotatable bonds is 12. The summed E-state index contributed by atoms with van der Waals surface area (Å²) in [6, 6.07) is 4.46. The zero-order chi connectivity index (χ0) is 23.5. The van der Waals surface area contributed by atoms with Crippen LogP contribution in [-0.4, -0.2) is 35.6 Å². The first-order valence-corrected chi connectivity index (χ1v) is 12.0. The van der Waals surface area contributed by atoms with Crippen LogP contribution in [-0.2, 0) is 11.2 Å². The van der Waals surface area contributed by atoms with Gasteiger partial charge in [0.25, 0.3) is 0 Å². The number of ether oxygens (including phenoxy) is 1. The van der Waals surface area contributed by atoms with Crippen LogP contribution in [0, 0.1) is 11.7 Å². The van der Waals surface area contributed by atoms with Gasteiger partial charge in [0.15, 0.2) is 0 Å². The Balaban J connectivity index is 1.34. The maximum atomic E-state index is 14.1. The van der Waals surface area contributed by atoms with Crippen LogP contribution in [0.2, 0.25) is 0 Å². The highest BCUT2D eigenvalue weighted by Crippen LogP contribution is 2.25. The van der Waals surface area contributed by atoms with Crippen molar-refractivity contribution in [3.63, 3.8) is 0 Å². The van der Waals surface area contributed by atoms with Crippen LogP contribution in [0.1, 0.15) is 57.4 Å². The van der Waals surface area contributed by atoms with E-state index in [0.29, 0.717) is 18.3 Å². The Hall–Kier alpha value is -2.96. The van der Waals surface area contributed by atoms with Crippen molar-refractivity contribution in [2.45, 2.75) is 58.3 Å². The van der Waals surface area contributed by atoms with Crippen molar-refractivity contribution in [3.05, 3.63) is 54.6 Å². The van der Waals surface area contributed by atoms with Crippen LogP contribution >= 0.6 is 0 Å². The molecule has 178 valence electrons. The summed E-state index contributed by atoms with van der Waals surface area (Å²) < 4.78 is 19.8. The Bertz CT molecular complexity index is 896. The third-order valence-electron chi connectivity index (χ3n) is 6.07. The van der Waals surface area contributed by atoms with Crippen LogP contribution in [0.15, 0.2) is 43.2 Å². The quantitative estimate of drug-likeness (QED) is 0.336. The summed E-state index contributed by atoms with van der Waals surface area (Å²) in [4.78, 5) is 22.7. The van der Waals surface area contributed by atoms with Crippen LogP contribution < -0.4 is 15.0 Å². The fourth-order valence-electron chi connectivity index (χ4n) is 4.07. The summed E-state index contributed by atoms with van der Waals surface area (Å²) in [6.45, 7) is 8.07. The van der Waals surface area contributed by atoms with Gasteiger partial charge in [0.2, 0.25) is 11.9 Å². The molecule has 1 saturated heterocycles. The molecule has 0 bridgehead atoms. The van der Waals surface area contributed by atoms with Gasteiger partial charge in [0, 0.05) is 31.5 Å². The third kappa shape index (κ3) is 7.84. The first kappa shape index (κ1) is 24.7. The number of carbonyl (C=O) groups excluding carboxylic acids is 1. The zero-order valence-corrected chi connectivity index (χ0v) is 19.6. The number of hydrogen-bond donors (Lipinski definition) is 1. The number of aryl methyl sites for hydroxylation is 1. The molecule has 0 unspecified atom stereocenters. The lowest BCUT2D eigenvalue weighted by molar-refractivity contribution is -0.111. The molecule has 0 saturated carbocycles. The van der Waals surface area contributed by atoms with E-state index in [-0.39, 0.29) is 5.69 Å². The minimum absolute atomic E-state index is 0.120. The number of amides is 1. The van der Waals surface area contributed by atoms with Crippen molar-refractivity contribution < 1.29 is 13.9 Å². The molecule has 3 rings (SSSR count). The fraction of sp³-hybridized carbons (Fsp3) is 0.500. The highest BCUT2D eigenvalue weighted by Gasteiger charge is 2.20. The van der Waals surface area contributed by atoms with E-state index in [2.05, 4.69) is 33.7 Å². The first-order valence-electron chi connectivity index (χ1n) is 12.0. The van der Waals surface area contributed by atoms with E-state index in [1.165, 1.54) is 37.0 Å². The van der Waals surface area contributed by atoms with E-state index >= 15 is 0 Å². The van der Waals surface area contributed by atoms with E-state index in [0.717, 1.165) is 57.2 Å². The van der Waals surface area contributed by atoms with E-state index in [9.17, 15) is 9.18 Å². The number of benzene rings is 1. The lowest BCUT2D eigenvalue weighted by Crippen LogP contribution is -2.35. The third-order valence-corrected chi connectivity index (χ3v) is 6.07. The van der Waals surface area contributed by atoms with Gasteiger partial charge in [0.05, 0.1) is 12.3 Å². The topological polar surface area (TPSA) is 67.3 Å². The second-order valence-electron chi connectivity index (χ2n) is 8.60. The number of unbranched alkanes of at least 4 members (excludes halogenated alkanes) is 2. The number of nitrogens with one attached hydrogen (secondary N) is 1. The van der Waals surface area contributed by atoms with Gasteiger partial charge < -0.3 is 15.0 Å². The molecule has 7 heteroatoms. The zero-order valence-electron chi connectivity index (χ0n) is 19.6. The predicted molar refractivity (Wildman–Crippen MR) is 130 cm³/mol. The van der Waals surface area contributed by atoms with Crippen LogP contribution in [0.5, 0.6) is 5.75 Å². The lowest BCUT2D eigenvalue weighted by Gasteiger charge is -2.32. The highest BCUT2D eigenvalue weighted by atomic mass is 19.1. The molecule has 0 aliphatic carbocycles. The fourth-order valence-corrected chi connectivity index (χ4v) is 4.07. The SMILES string of the molecule is C=CC(=O)Nc1ccc(OCCCC2CCN(c3ncc(CCCCC)cn3)CC2)cc1F. The molecule has 1 fully saturated rings. The molecule has 2 aromatic rings. The Morgan fingerprint density at radius 1 is 1.24 bits per heavy atom. The summed E-state index contributed by atoms with van der Waals surface area (Å²) in [5.41, 5.74) is 1.34. The van der Waals surface area contributed by atoms with Gasteiger partial charge in [-0.05, 0) is 68.2 Å². The summed E-state index contributed by atoms with van der Waals surface area (Å²) in [7, 11) is 0. The molecule has 1 aliphatic heterocycles. The molecule has 1 aromatic heterocycles. The molecule has 0 radical (unpaired) electrons. The molecule has 33 heavy (non-hydrogen) atoms. The smallest absolute Gasteiger partial charge is 0.247 e. The standard InChI is InChI=1S/C26H35FN4O2/c1-3-5-6-8-21-18-28-26(29-19-21)31-14-12-20(13-15-31)9-7-16-33-22-10-11-24(23(27)17-22)30-25(32)4-2/h4,10-11,17-20H,2-3,5-9,12-16H2,1H3,(H,30,32). The minimum Gasteiger partial charge on any atom is -0.493 e. The average molecular weight is 455 g/mol. The van der Waals surface area contributed by atoms with Crippen molar-refractivity contribution in [2.24, 2.45) is 5.92 Å². The van der Waals surface area contributed by atoms with Gasteiger partial charge in [0.1, 0.15) is 11.6 Å². The van der Waals surface area contributed by atoms with Gasteiger partial charge in [-0.1, -0.05) is 26.3 Å². The number of hydrogen-bond acceptors (Lipinski definition) is 5. The summed E-state index contributed by atoms with van der Waals surface area (Å²) in [5.74, 6) is 0.997. The van der Waals surface area contributed by atoms with E-state index in [1.807, 2.05) is 12.4 Å². The second-order valence-corrected chi connectivity index (χ2v) is 8.60.